The summed E-state index contributed by atoms with van der Waals surface area (Å²) in [5, 5.41) is 2.70. The lowest BCUT2D eigenvalue weighted by molar-refractivity contribution is 0.247. The molecule has 0 saturated carbocycles. The molecule has 0 saturated heterocycles. The van der Waals surface area contributed by atoms with Gasteiger partial charge in [0.2, 0.25) is 0 Å². The number of rotatable bonds is 5. The summed E-state index contributed by atoms with van der Waals surface area (Å²) < 4.78 is 29.6. The van der Waals surface area contributed by atoms with Crippen molar-refractivity contribution in [3.05, 3.63) is 54.1 Å². The highest BCUT2D eigenvalue weighted by atomic mass is 32.2. The summed E-state index contributed by atoms with van der Waals surface area (Å²) in [5.74, 6) is 0.626. The molecule has 0 aromatic heterocycles. The van der Waals surface area contributed by atoms with Crippen LogP contribution in [-0.4, -0.2) is 40.4 Å². The van der Waals surface area contributed by atoms with Crippen LogP contribution >= 0.6 is 0 Å². The Morgan fingerprint density at radius 2 is 1.96 bits per heavy atom. The molecule has 3 rings (SSSR count). The smallest absolute Gasteiger partial charge is 0.321 e. The second-order valence-electron chi connectivity index (χ2n) is 5.76. The fourth-order valence-corrected chi connectivity index (χ4v) is 4.03. The third kappa shape index (κ3) is 3.76. The van der Waals surface area contributed by atoms with Crippen LogP contribution in [0.4, 0.5) is 10.5 Å². The van der Waals surface area contributed by atoms with Crippen molar-refractivity contribution in [1.29, 1.82) is 0 Å². The van der Waals surface area contributed by atoms with E-state index in [0.717, 1.165) is 23.4 Å². The molecule has 25 heavy (non-hydrogen) atoms. The number of hydrogen-bond acceptors (Lipinski definition) is 4. The Morgan fingerprint density at radius 1 is 1.20 bits per heavy atom. The van der Waals surface area contributed by atoms with Gasteiger partial charge in [-0.05, 0) is 42.3 Å². The zero-order chi connectivity index (χ0) is 17.9. The zero-order valence-electron chi connectivity index (χ0n) is 13.9. The number of carbonyl (C=O) groups excluding carboxylic acids is 1. The number of urea groups is 1. The number of sulfone groups is 1. The Hall–Kier alpha value is -2.54. The number of carbonyl (C=O) groups is 1. The van der Waals surface area contributed by atoms with Crippen molar-refractivity contribution in [3.63, 3.8) is 0 Å². The summed E-state index contributed by atoms with van der Waals surface area (Å²) in [5.41, 5.74) is 1.88. The highest BCUT2D eigenvalue weighted by Crippen LogP contribution is 2.31. The van der Waals surface area contributed by atoms with Gasteiger partial charge < -0.3 is 10.1 Å². The molecule has 2 amide bonds. The van der Waals surface area contributed by atoms with Crippen molar-refractivity contribution in [2.75, 3.05) is 30.9 Å². The van der Waals surface area contributed by atoms with E-state index in [-0.39, 0.29) is 23.2 Å². The predicted molar refractivity (Wildman–Crippen MR) is 95.9 cm³/mol. The first-order chi connectivity index (χ1) is 12.0. The van der Waals surface area contributed by atoms with Crippen LogP contribution in [0.15, 0.2) is 53.4 Å². The van der Waals surface area contributed by atoms with Crippen LogP contribution in [-0.2, 0) is 16.3 Å². The first-order valence-electron chi connectivity index (χ1n) is 8.01. The number of nitrogens with one attached hydrogen (secondary N) is 1. The van der Waals surface area contributed by atoms with Crippen molar-refractivity contribution in [1.82, 2.24) is 5.32 Å². The van der Waals surface area contributed by atoms with Gasteiger partial charge in [-0.2, -0.15) is 0 Å². The molecule has 0 atom stereocenters. The van der Waals surface area contributed by atoms with Gasteiger partial charge >= 0.3 is 6.03 Å². The fraction of sp³-hybridized carbons (Fsp3) is 0.278. The monoisotopic (exact) mass is 360 g/mol. The van der Waals surface area contributed by atoms with Gasteiger partial charge in [0.15, 0.2) is 9.84 Å². The SMILES string of the molecule is COc1ccc2c(c1)CCN2C(=O)NCCS(=O)(=O)c1ccccc1. The maximum absolute atomic E-state index is 12.4. The lowest BCUT2D eigenvalue weighted by atomic mass is 10.1. The fourth-order valence-electron chi connectivity index (χ4n) is 2.85. The van der Waals surface area contributed by atoms with E-state index >= 15 is 0 Å². The quantitative estimate of drug-likeness (QED) is 0.887. The average Bonchev–Trinajstić information content (AvgIpc) is 3.05. The molecule has 2 aromatic carbocycles. The molecule has 1 N–H and O–H groups in total. The van der Waals surface area contributed by atoms with Gasteiger partial charge in [-0.25, -0.2) is 13.2 Å². The molecule has 1 aliphatic rings. The molecular formula is C18H20N2O4S. The Morgan fingerprint density at radius 3 is 2.68 bits per heavy atom. The Bertz CT molecular complexity index is 866. The highest BCUT2D eigenvalue weighted by molar-refractivity contribution is 7.91. The van der Waals surface area contributed by atoms with E-state index in [9.17, 15) is 13.2 Å². The topological polar surface area (TPSA) is 75.7 Å². The van der Waals surface area contributed by atoms with Crippen LogP contribution in [0.5, 0.6) is 5.75 Å². The number of methoxy groups -OCH3 is 1. The summed E-state index contributed by atoms with van der Waals surface area (Å²) in [6, 6.07) is 13.5. The van der Waals surface area contributed by atoms with Gasteiger partial charge in [-0.1, -0.05) is 18.2 Å². The van der Waals surface area contributed by atoms with Crippen molar-refractivity contribution < 1.29 is 17.9 Å². The third-order valence-corrected chi connectivity index (χ3v) is 5.91. The summed E-state index contributed by atoms with van der Waals surface area (Å²) in [7, 11) is -1.79. The second-order valence-corrected chi connectivity index (χ2v) is 7.87. The molecule has 0 unspecified atom stereocenters. The Kier molecular flexibility index (Phi) is 4.94. The van der Waals surface area contributed by atoms with Crippen LogP contribution in [0.3, 0.4) is 0 Å². The van der Waals surface area contributed by atoms with E-state index in [4.69, 9.17) is 4.74 Å². The van der Waals surface area contributed by atoms with Gasteiger partial charge in [0.25, 0.3) is 0 Å². The maximum atomic E-state index is 12.4. The summed E-state index contributed by atoms with van der Waals surface area (Å²) in [6.45, 7) is 0.637. The first-order valence-corrected chi connectivity index (χ1v) is 9.66. The Labute approximate surface area is 147 Å². The zero-order valence-corrected chi connectivity index (χ0v) is 14.8. The van der Waals surface area contributed by atoms with Crippen molar-refractivity contribution in [3.8, 4) is 5.75 Å². The van der Waals surface area contributed by atoms with Gasteiger partial charge in [0, 0.05) is 18.8 Å². The molecule has 1 aliphatic heterocycles. The maximum Gasteiger partial charge on any atom is 0.321 e. The van der Waals surface area contributed by atoms with E-state index in [1.165, 1.54) is 0 Å². The second kappa shape index (κ2) is 7.14. The van der Waals surface area contributed by atoms with Crippen molar-refractivity contribution in [2.45, 2.75) is 11.3 Å². The predicted octanol–water partition coefficient (Wildman–Crippen LogP) is 2.24. The molecule has 0 radical (unpaired) electrons. The molecule has 1 heterocycles. The molecule has 0 bridgehead atoms. The minimum Gasteiger partial charge on any atom is -0.497 e. The number of fused-ring (bicyclic) bond motifs is 1. The van der Waals surface area contributed by atoms with Crippen LogP contribution in [0.1, 0.15) is 5.56 Å². The normalized spacial score (nSPS) is 13.4. The minimum absolute atomic E-state index is 0.0675. The summed E-state index contributed by atoms with van der Waals surface area (Å²) >= 11 is 0. The largest absolute Gasteiger partial charge is 0.497 e. The van der Waals surface area contributed by atoms with Gasteiger partial charge in [-0.15, -0.1) is 0 Å². The van der Waals surface area contributed by atoms with Crippen molar-refractivity contribution in [2.24, 2.45) is 0 Å². The highest BCUT2D eigenvalue weighted by Gasteiger charge is 2.25. The van der Waals surface area contributed by atoms with Gasteiger partial charge in [0.05, 0.1) is 17.8 Å². The minimum atomic E-state index is -3.40. The van der Waals surface area contributed by atoms with Crippen LogP contribution < -0.4 is 15.0 Å². The van der Waals surface area contributed by atoms with Crippen molar-refractivity contribution >= 4 is 21.6 Å². The first kappa shape index (κ1) is 17.3. The molecule has 0 aliphatic carbocycles. The molecule has 132 valence electrons. The molecule has 0 spiro atoms. The number of ether oxygens (including phenoxy) is 1. The Balaban J connectivity index is 1.60. The summed E-state index contributed by atoms with van der Waals surface area (Å²) in [6.07, 6.45) is 0.752. The third-order valence-electron chi connectivity index (χ3n) is 4.18. The molecule has 2 aromatic rings. The number of nitrogens with zero attached hydrogens (tertiary/aromatic N) is 1. The molecular weight excluding hydrogens is 340 g/mol. The number of anilines is 1. The standard InChI is InChI=1S/C18H20N2O4S/c1-24-15-7-8-17-14(13-15)9-11-20(17)18(21)19-10-12-25(22,23)16-5-3-2-4-6-16/h2-8,13H,9-12H2,1H3,(H,19,21). The lowest BCUT2D eigenvalue weighted by Crippen LogP contribution is -2.40. The average molecular weight is 360 g/mol. The molecule has 7 heteroatoms. The van der Waals surface area contributed by atoms with E-state index in [0.29, 0.717) is 6.54 Å². The molecule has 6 nitrogen and oxygen atoms in total. The van der Waals surface area contributed by atoms with Crippen LogP contribution in [0.2, 0.25) is 0 Å². The number of amides is 2. The number of benzene rings is 2. The van der Waals surface area contributed by atoms with Crippen LogP contribution in [0.25, 0.3) is 0 Å². The lowest BCUT2D eigenvalue weighted by Gasteiger charge is -2.18. The summed E-state index contributed by atoms with van der Waals surface area (Å²) in [4.78, 5) is 14.3. The van der Waals surface area contributed by atoms with Crippen LogP contribution in [0, 0.1) is 0 Å². The van der Waals surface area contributed by atoms with E-state index < -0.39 is 9.84 Å². The van der Waals surface area contributed by atoms with E-state index in [2.05, 4.69) is 5.32 Å². The van der Waals surface area contributed by atoms with E-state index in [1.54, 1.807) is 42.3 Å². The van der Waals surface area contributed by atoms with Gasteiger partial charge in [0.1, 0.15) is 5.75 Å². The van der Waals surface area contributed by atoms with Gasteiger partial charge in [-0.3, -0.25) is 4.90 Å². The van der Waals surface area contributed by atoms with E-state index in [1.807, 2.05) is 18.2 Å². The number of hydrogen-bond donors (Lipinski definition) is 1. The molecule has 0 fully saturated rings.